The predicted molar refractivity (Wildman–Crippen MR) is 138 cm³/mol. The van der Waals surface area contributed by atoms with Gasteiger partial charge in [0.05, 0.1) is 6.54 Å². The van der Waals surface area contributed by atoms with Crippen LogP contribution < -0.4 is 15.6 Å². The molecule has 5 rings (SSSR count). The van der Waals surface area contributed by atoms with Crippen molar-refractivity contribution in [2.24, 2.45) is 0 Å². The first kappa shape index (κ1) is 23.5. The molecule has 5 aromatic rings. The van der Waals surface area contributed by atoms with E-state index >= 15 is 0 Å². The third-order valence-corrected chi connectivity index (χ3v) is 6.25. The second kappa shape index (κ2) is 10.6. The number of thiophene rings is 1. The summed E-state index contributed by atoms with van der Waals surface area (Å²) in [5.41, 5.74) is 2.17. The number of hydrogen-bond donors (Lipinski definition) is 1. The molecule has 1 N–H and O–H groups in total. The normalized spacial score (nSPS) is 10.8. The number of rotatable bonds is 9. The number of carbonyl (C=O) groups excluding carboxylic acids is 1. The zero-order chi connectivity index (χ0) is 24.9. The fraction of sp³-hybridized carbons (Fsp3) is 0.0769. The summed E-state index contributed by atoms with van der Waals surface area (Å²) < 4.78 is 11.9. The Morgan fingerprint density at radius 2 is 1.89 bits per heavy atom. The zero-order valence-corrected chi connectivity index (χ0v) is 20.3. The van der Waals surface area contributed by atoms with Crippen molar-refractivity contribution in [3.63, 3.8) is 0 Å². The van der Waals surface area contributed by atoms with E-state index in [1.54, 1.807) is 53.9 Å². The van der Waals surface area contributed by atoms with E-state index in [1.165, 1.54) is 28.4 Å². The average Bonchev–Trinajstić information content (AvgIpc) is 3.60. The highest BCUT2D eigenvalue weighted by molar-refractivity contribution is 7.08. The highest BCUT2D eigenvalue weighted by Gasteiger charge is 2.16. The van der Waals surface area contributed by atoms with Gasteiger partial charge in [-0.1, -0.05) is 23.7 Å². The summed E-state index contributed by atoms with van der Waals surface area (Å²) in [5.74, 6) is 1.13. The van der Waals surface area contributed by atoms with Gasteiger partial charge in [0.15, 0.2) is 5.78 Å². The molecule has 0 aliphatic rings. The zero-order valence-electron chi connectivity index (χ0n) is 18.8. The molecule has 0 saturated heterocycles. The van der Waals surface area contributed by atoms with Gasteiger partial charge >= 0.3 is 0 Å². The average molecular weight is 519 g/mol. The fourth-order valence-corrected chi connectivity index (χ4v) is 4.27. The fourth-order valence-electron chi connectivity index (χ4n) is 3.48. The maximum atomic E-state index is 13.5. The van der Waals surface area contributed by atoms with Crippen LogP contribution in [0.1, 0.15) is 21.5 Å². The Morgan fingerprint density at radius 3 is 2.58 bits per heavy atom. The highest BCUT2D eigenvalue weighted by atomic mass is 35.5. The van der Waals surface area contributed by atoms with Gasteiger partial charge in [-0.25, -0.2) is 4.98 Å². The maximum Gasteiger partial charge on any atom is 0.259 e. The molecule has 0 bridgehead atoms. The molecule has 8 nitrogen and oxygen atoms in total. The van der Waals surface area contributed by atoms with Crippen LogP contribution in [0.15, 0.2) is 93.2 Å². The van der Waals surface area contributed by atoms with Crippen LogP contribution in [0, 0.1) is 0 Å². The van der Waals surface area contributed by atoms with Crippen LogP contribution in [0.5, 0.6) is 11.6 Å². The van der Waals surface area contributed by atoms with E-state index in [0.717, 1.165) is 5.56 Å². The summed E-state index contributed by atoms with van der Waals surface area (Å²) >= 11 is 7.46. The van der Waals surface area contributed by atoms with E-state index in [4.69, 9.17) is 20.9 Å². The number of aromatic nitrogens is 3. The van der Waals surface area contributed by atoms with Crippen LogP contribution in [-0.4, -0.2) is 20.5 Å². The molecule has 2 aromatic carbocycles. The van der Waals surface area contributed by atoms with E-state index in [0.29, 0.717) is 39.4 Å². The lowest BCUT2D eigenvalue weighted by Gasteiger charge is -2.15. The van der Waals surface area contributed by atoms with Crippen molar-refractivity contribution in [2.45, 2.75) is 13.0 Å². The van der Waals surface area contributed by atoms with Gasteiger partial charge in [0.2, 0.25) is 5.95 Å². The van der Waals surface area contributed by atoms with Crippen molar-refractivity contribution >= 4 is 40.4 Å². The van der Waals surface area contributed by atoms with Crippen LogP contribution in [-0.2, 0) is 13.0 Å². The van der Waals surface area contributed by atoms with Crippen LogP contribution in [0.2, 0.25) is 5.02 Å². The first-order valence-electron chi connectivity index (χ1n) is 10.9. The summed E-state index contributed by atoms with van der Waals surface area (Å²) in [6.07, 6.45) is 2.85. The maximum absolute atomic E-state index is 13.5. The molecule has 0 aliphatic carbocycles. The third-order valence-electron chi connectivity index (χ3n) is 5.31. The summed E-state index contributed by atoms with van der Waals surface area (Å²) in [4.78, 5) is 30.6. The molecule has 0 saturated carbocycles. The number of ketones is 1. The molecule has 0 fully saturated rings. The van der Waals surface area contributed by atoms with Gasteiger partial charge < -0.3 is 14.6 Å². The molecule has 0 amide bonds. The Kier molecular flexibility index (Phi) is 6.92. The minimum Gasteiger partial charge on any atom is -0.436 e. The lowest BCUT2D eigenvalue weighted by Crippen LogP contribution is -2.28. The van der Waals surface area contributed by atoms with Gasteiger partial charge in [-0.05, 0) is 58.6 Å². The van der Waals surface area contributed by atoms with Crippen LogP contribution in [0.4, 0.5) is 11.6 Å². The molecule has 36 heavy (non-hydrogen) atoms. The monoisotopic (exact) mass is 518 g/mol. The second-order valence-corrected chi connectivity index (χ2v) is 9.04. The molecule has 0 atom stereocenters. The van der Waals surface area contributed by atoms with Gasteiger partial charge in [-0.2, -0.15) is 11.3 Å². The topological polar surface area (TPSA) is 99.2 Å². The van der Waals surface area contributed by atoms with Gasteiger partial charge in [-0.15, -0.1) is 0 Å². The van der Waals surface area contributed by atoms with Crippen molar-refractivity contribution in [2.75, 3.05) is 5.32 Å². The second-order valence-electron chi connectivity index (χ2n) is 7.83. The molecule has 10 heteroatoms. The molecule has 3 aromatic heterocycles. The van der Waals surface area contributed by atoms with E-state index in [2.05, 4.69) is 15.5 Å². The van der Waals surface area contributed by atoms with Gasteiger partial charge in [0.25, 0.3) is 11.4 Å². The molecule has 0 aliphatic heterocycles. The quantitative estimate of drug-likeness (QED) is 0.240. The smallest absolute Gasteiger partial charge is 0.259 e. The van der Waals surface area contributed by atoms with Crippen LogP contribution in [0.25, 0.3) is 0 Å². The number of nitrogens with one attached hydrogen (secondary N) is 1. The number of anilines is 2. The minimum absolute atomic E-state index is 0.0302. The first-order chi connectivity index (χ1) is 17.5. The van der Waals surface area contributed by atoms with E-state index in [1.807, 2.05) is 17.5 Å². The molecule has 180 valence electrons. The molecule has 0 unspecified atom stereocenters. The molecular weight excluding hydrogens is 500 g/mol. The summed E-state index contributed by atoms with van der Waals surface area (Å²) in [5, 5.41) is 11.1. The Morgan fingerprint density at radius 1 is 1.08 bits per heavy atom. The van der Waals surface area contributed by atoms with Crippen molar-refractivity contribution in [1.29, 1.82) is 0 Å². The largest absolute Gasteiger partial charge is 0.436 e. The Hall–Kier alpha value is -4.21. The van der Waals surface area contributed by atoms with Crippen molar-refractivity contribution in [3.05, 3.63) is 116 Å². The first-order valence-corrected chi connectivity index (χ1v) is 12.2. The van der Waals surface area contributed by atoms with Crippen molar-refractivity contribution in [3.8, 4) is 11.6 Å². The van der Waals surface area contributed by atoms with E-state index in [-0.39, 0.29) is 24.3 Å². The number of halogens is 1. The molecule has 3 heterocycles. The highest BCUT2D eigenvalue weighted by Crippen LogP contribution is 2.23. The molecule has 0 spiro atoms. The summed E-state index contributed by atoms with van der Waals surface area (Å²) in [6.45, 7) is 0.249. The third kappa shape index (κ3) is 5.54. The van der Waals surface area contributed by atoms with Crippen molar-refractivity contribution in [1.82, 2.24) is 14.7 Å². The van der Waals surface area contributed by atoms with Gasteiger partial charge in [-0.3, -0.25) is 14.2 Å². The number of benzene rings is 2. The SMILES string of the molecule is O=C(Cc1cnc(Nc2ccc(Oc3ccon3)cc2)n(Cc2ccc(Cl)cc2)c1=O)c1ccsc1. The van der Waals surface area contributed by atoms with Gasteiger partial charge in [0, 0.05) is 45.9 Å². The number of hydrogen-bond acceptors (Lipinski definition) is 8. The predicted octanol–water partition coefficient (Wildman–Crippen LogP) is 5.96. The number of Topliss-reactive ketones (excluding diaryl/α,β-unsaturated/α-hetero) is 1. The number of ether oxygens (including phenoxy) is 1. The van der Waals surface area contributed by atoms with E-state index in [9.17, 15) is 9.59 Å². The van der Waals surface area contributed by atoms with Crippen LogP contribution >= 0.6 is 22.9 Å². The van der Waals surface area contributed by atoms with Crippen molar-refractivity contribution < 1.29 is 14.1 Å². The lowest BCUT2D eigenvalue weighted by molar-refractivity contribution is 0.0993. The number of nitrogens with zero attached hydrogens (tertiary/aromatic N) is 3. The van der Waals surface area contributed by atoms with E-state index < -0.39 is 0 Å². The summed E-state index contributed by atoms with van der Waals surface area (Å²) in [6, 6.07) is 17.7. The number of carbonyl (C=O) groups is 1. The summed E-state index contributed by atoms with van der Waals surface area (Å²) in [7, 11) is 0. The standard InChI is InChI=1S/C26H19ClN4O4S/c27-20-3-1-17(2-4-20)15-31-25(33)19(13-23(32)18-10-12-36-16-18)14-28-26(31)29-21-5-7-22(8-6-21)35-24-9-11-34-30-24/h1-12,14,16H,13,15H2,(H,28,29). The molecule has 0 radical (unpaired) electrons. The Balaban J connectivity index is 1.43. The Bertz CT molecular complexity index is 1510. The molecular formula is C26H19ClN4O4S. The van der Waals surface area contributed by atoms with Gasteiger partial charge in [0.1, 0.15) is 12.0 Å². The Labute approximate surface area is 214 Å². The minimum atomic E-state index is -0.294. The van der Waals surface area contributed by atoms with Crippen LogP contribution in [0.3, 0.4) is 0 Å². The lowest BCUT2D eigenvalue weighted by atomic mass is 10.1.